The number of ether oxygens (including phenoxy) is 1. The molecule has 0 unspecified atom stereocenters. The Morgan fingerprint density at radius 1 is 1.14 bits per heavy atom. The molecule has 0 bridgehead atoms. The largest absolute Gasteiger partial charge is 0.487 e. The molecule has 0 aliphatic rings. The maximum atomic E-state index is 13.8. The number of aromatic nitrogens is 1. The Balaban J connectivity index is 2.02. The Morgan fingerprint density at radius 3 is 2.52 bits per heavy atom. The minimum absolute atomic E-state index is 0.0462. The van der Waals surface area contributed by atoms with Crippen LogP contribution in [0.25, 0.3) is 5.69 Å². The molecular weight excluding hydrogens is 516 g/mol. The van der Waals surface area contributed by atoms with Crippen LogP contribution in [0, 0.1) is 18.6 Å². The number of halogens is 4. The van der Waals surface area contributed by atoms with E-state index in [1.165, 1.54) is 28.8 Å². The Morgan fingerprint density at radius 2 is 1.86 bits per heavy atom. The van der Waals surface area contributed by atoms with Gasteiger partial charge in [0.15, 0.2) is 0 Å². The predicted octanol–water partition coefficient (Wildman–Crippen LogP) is 5.23. The Hall–Kier alpha value is -2.52. The van der Waals surface area contributed by atoms with Gasteiger partial charge in [0.2, 0.25) is 0 Å². The minimum atomic E-state index is -1.18. The molecule has 0 fully saturated rings. The third-order valence-corrected chi connectivity index (χ3v) is 5.35. The zero-order chi connectivity index (χ0) is 21.3. The maximum absolute atomic E-state index is 13.8. The fourth-order valence-corrected chi connectivity index (χ4v) is 3.52. The second kappa shape index (κ2) is 8.46. The monoisotopic (exact) mass is 527 g/mol. The van der Waals surface area contributed by atoms with E-state index in [0.29, 0.717) is 10.2 Å². The van der Waals surface area contributed by atoms with E-state index in [4.69, 9.17) is 4.74 Å². The second-order valence-corrected chi connectivity index (χ2v) is 7.80. The Labute approximate surface area is 180 Å². The average molecular weight is 529 g/mol. The van der Waals surface area contributed by atoms with E-state index in [-0.39, 0.29) is 33.6 Å². The van der Waals surface area contributed by atoms with E-state index in [1.807, 2.05) is 0 Å². The molecule has 3 rings (SSSR count). The van der Waals surface area contributed by atoms with Crippen molar-refractivity contribution in [1.82, 2.24) is 4.57 Å². The van der Waals surface area contributed by atoms with Crippen molar-refractivity contribution in [2.45, 2.75) is 13.5 Å². The molecule has 9 heteroatoms. The van der Waals surface area contributed by atoms with Crippen molar-refractivity contribution in [3.63, 3.8) is 0 Å². The van der Waals surface area contributed by atoms with Gasteiger partial charge < -0.3 is 9.84 Å². The van der Waals surface area contributed by atoms with Crippen molar-refractivity contribution in [1.29, 1.82) is 0 Å². The number of pyridine rings is 1. The van der Waals surface area contributed by atoms with E-state index < -0.39 is 23.2 Å². The summed E-state index contributed by atoms with van der Waals surface area (Å²) in [5, 5.41) is 9.48. The molecule has 0 atom stereocenters. The van der Waals surface area contributed by atoms with Crippen LogP contribution in [0.4, 0.5) is 8.78 Å². The van der Waals surface area contributed by atoms with Gasteiger partial charge in [-0.1, -0.05) is 15.9 Å². The van der Waals surface area contributed by atoms with Gasteiger partial charge in [-0.25, -0.2) is 13.6 Å². The standard InChI is InChI=1S/C20H13Br2F2NO4/c1-10-6-17(29-9-11-2-4-13(23)8-15(11)24)18(22)19(26)25(10)16-5-3-12(21)7-14(16)20(27)28/h2-8H,9H2,1H3,(H,27,28). The summed E-state index contributed by atoms with van der Waals surface area (Å²) >= 11 is 6.39. The van der Waals surface area contributed by atoms with Crippen LogP contribution in [-0.2, 0) is 6.61 Å². The number of carboxylic acids is 1. The number of benzene rings is 2. The quantitative estimate of drug-likeness (QED) is 0.492. The minimum Gasteiger partial charge on any atom is -0.487 e. The third-order valence-electron chi connectivity index (χ3n) is 4.13. The molecule has 0 amide bonds. The van der Waals surface area contributed by atoms with E-state index in [2.05, 4.69) is 31.9 Å². The first kappa shape index (κ1) is 21.2. The van der Waals surface area contributed by atoms with Crippen molar-refractivity contribution in [2.75, 3.05) is 0 Å². The van der Waals surface area contributed by atoms with Crippen LogP contribution in [0.5, 0.6) is 5.75 Å². The van der Waals surface area contributed by atoms with Crippen molar-refractivity contribution >= 4 is 37.8 Å². The van der Waals surface area contributed by atoms with Gasteiger partial charge in [-0.2, -0.15) is 0 Å². The number of nitrogens with zero attached hydrogens (tertiary/aromatic N) is 1. The van der Waals surface area contributed by atoms with Crippen LogP contribution in [0.1, 0.15) is 21.6 Å². The van der Waals surface area contributed by atoms with Crippen LogP contribution in [-0.4, -0.2) is 15.6 Å². The van der Waals surface area contributed by atoms with Gasteiger partial charge in [-0.05, 0) is 53.2 Å². The molecule has 0 aliphatic carbocycles. The summed E-state index contributed by atoms with van der Waals surface area (Å²) in [6, 6.07) is 9.19. The molecule has 1 N–H and O–H groups in total. The summed E-state index contributed by atoms with van der Waals surface area (Å²) in [7, 11) is 0. The van der Waals surface area contributed by atoms with Crippen LogP contribution in [0.15, 0.2) is 56.2 Å². The summed E-state index contributed by atoms with van der Waals surface area (Å²) in [5.41, 5.74) is 0.141. The molecule has 3 aromatic rings. The fourth-order valence-electron chi connectivity index (χ4n) is 2.75. The lowest BCUT2D eigenvalue weighted by Gasteiger charge is -2.16. The molecule has 1 aromatic heterocycles. The van der Waals surface area contributed by atoms with Crippen LogP contribution >= 0.6 is 31.9 Å². The van der Waals surface area contributed by atoms with E-state index >= 15 is 0 Å². The smallest absolute Gasteiger partial charge is 0.337 e. The number of rotatable bonds is 5. The van der Waals surface area contributed by atoms with Gasteiger partial charge >= 0.3 is 5.97 Å². The highest BCUT2D eigenvalue weighted by Gasteiger charge is 2.19. The topological polar surface area (TPSA) is 68.5 Å². The SMILES string of the molecule is Cc1cc(OCc2ccc(F)cc2F)c(Br)c(=O)n1-c1ccc(Br)cc1C(=O)O. The molecule has 0 aliphatic heterocycles. The van der Waals surface area contributed by atoms with Gasteiger partial charge in [0, 0.05) is 27.9 Å². The summed E-state index contributed by atoms with van der Waals surface area (Å²) < 4.78 is 34.2. The Bertz CT molecular complexity index is 1180. The van der Waals surface area contributed by atoms with Crippen molar-refractivity contribution in [3.8, 4) is 11.4 Å². The summed E-state index contributed by atoms with van der Waals surface area (Å²) in [6.45, 7) is 1.40. The molecule has 0 radical (unpaired) electrons. The maximum Gasteiger partial charge on any atom is 0.337 e. The molecule has 5 nitrogen and oxygen atoms in total. The van der Waals surface area contributed by atoms with Crippen LogP contribution < -0.4 is 10.3 Å². The first-order valence-electron chi connectivity index (χ1n) is 8.21. The second-order valence-electron chi connectivity index (χ2n) is 6.10. The molecule has 1 heterocycles. The van der Waals surface area contributed by atoms with Crippen molar-refractivity contribution in [2.24, 2.45) is 0 Å². The van der Waals surface area contributed by atoms with Crippen molar-refractivity contribution in [3.05, 3.63) is 90.2 Å². The lowest BCUT2D eigenvalue weighted by molar-refractivity contribution is 0.0697. The number of aryl methyl sites for hydroxylation is 1. The Kier molecular flexibility index (Phi) is 6.18. The average Bonchev–Trinajstić information content (AvgIpc) is 2.65. The molecule has 2 aromatic carbocycles. The zero-order valence-corrected chi connectivity index (χ0v) is 18.1. The number of carboxylic acid groups (broad SMARTS) is 1. The first-order valence-corrected chi connectivity index (χ1v) is 9.79. The van der Waals surface area contributed by atoms with E-state index in [1.54, 1.807) is 13.0 Å². The lowest BCUT2D eigenvalue weighted by Crippen LogP contribution is -2.24. The van der Waals surface area contributed by atoms with Crippen molar-refractivity contribution < 1.29 is 23.4 Å². The lowest BCUT2D eigenvalue weighted by atomic mass is 10.1. The molecule has 0 spiro atoms. The highest BCUT2D eigenvalue weighted by molar-refractivity contribution is 9.10. The van der Waals surface area contributed by atoms with Crippen LogP contribution in [0.2, 0.25) is 0 Å². The summed E-state index contributed by atoms with van der Waals surface area (Å²) in [6.07, 6.45) is 0. The number of hydrogen-bond acceptors (Lipinski definition) is 3. The molecule has 0 saturated carbocycles. The van der Waals surface area contributed by atoms with Gasteiger partial charge in [-0.3, -0.25) is 9.36 Å². The molecule has 150 valence electrons. The van der Waals surface area contributed by atoms with E-state index in [0.717, 1.165) is 12.1 Å². The number of carbonyl (C=O) groups is 1. The third kappa shape index (κ3) is 4.40. The van der Waals surface area contributed by atoms with E-state index in [9.17, 15) is 23.5 Å². The summed E-state index contributed by atoms with van der Waals surface area (Å²) in [4.78, 5) is 24.5. The predicted molar refractivity (Wildman–Crippen MR) is 110 cm³/mol. The zero-order valence-electron chi connectivity index (χ0n) is 14.9. The fraction of sp³-hybridized carbons (Fsp3) is 0.100. The van der Waals surface area contributed by atoms with Gasteiger partial charge in [-0.15, -0.1) is 0 Å². The number of aromatic carboxylic acids is 1. The first-order chi connectivity index (χ1) is 13.7. The molecular formula is C20H13Br2F2NO4. The normalized spacial score (nSPS) is 10.8. The molecule has 29 heavy (non-hydrogen) atoms. The van der Waals surface area contributed by atoms with Gasteiger partial charge in [0.25, 0.3) is 5.56 Å². The summed E-state index contributed by atoms with van der Waals surface area (Å²) in [5.74, 6) is -2.49. The highest BCUT2D eigenvalue weighted by atomic mass is 79.9. The van der Waals surface area contributed by atoms with Gasteiger partial charge in [0.1, 0.15) is 28.5 Å². The number of hydrogen-bond donors (Lipinski definition) is 1. The molecule has 0 saturated heterocycles. The van der Waals surface area contributed by atoms with Gasteiger partial charge in [0.05, 0.1) is 11.3 Å². The van der Waals surface area contributed by atoms with Crippen LogP contribution in [0.3, 0.4) is 0 Å². The highest BCUT2D eigenvalue weighted by Crippen LogP contribution is 2.27.